The number of thioether (sulfide) groups is 1. The molecule has 0 N–H and O–H groups in total. The van der Waals surface area contributed by atoms with Crippen molar-refractivity contribution in [3.63, 3.8) is 0 Å². The molecule has 2 aromatic rings. The zero-order valence-electron chi connectivity index (χ0n) is 8.88. The molecule has 0 amide bonds. The number of nitrogens with zero attached hydrogens (tertiary/aromatic N) is 1. The van der Waals surface area contributed by atoms with Crippen molar-refractivity contribution in [1.29, 1.82) is 0 Å². The number of carbonyl (C=O) groups is 1. The molecule has 0 saturated heterocycles. The van der Waals surface area contributed by atoms with Crippen LogP contribution in [0.5, 0.6) is 0 Å². The second-order valence-corrected chi connectivity index (χ2v) is 4.05. The Labute approximate surface area is 98.7 Å². The Kier molecular flexibility index (Phi) is 3.37. The highest BCUT2D eigenvalue weighted by Gasteiger charge is 2.12. The fourth-order valence-electron chi connectivity index (χ4n) is 1.47. The SMILES string of the molecule is CSc1ncccc1C(=O)c1ccccc1. The molecule has 0 radical (unpaired) electrons. The van der Waals surface area contributed by atoms with Gasteiger partial charge in [-0.1, -0.05) is 30.3 Å². The molecular formula is C13H11NOS. The third-order valence-electron chi connectivity index (χ3n) is 2.25. The molecule has 1 heterocycles. The van der Waals surface area contributed by atoms with E-state index in [1.165, 1.54) is 11.8 Å². The zero-order valence-corrected chi connectivity index (χ0v) is 9.70. The quantitative estimate of drug-likeness (QED) is 0.598. The maximum absolute atomic E-state index is 12.2. The van der Waals surface area contributed by atoms with Crippen LogP contribution in [0.2, 0.25) is 0 Å². The Morgan fingerprint density at radius 3 is 2.56 bits per heavy atom. The van der Waals surface area contributed by atoms with Crippen LogP contribution in [0.3, 0.4) is 0 Å². The van der Waals surface area contributed by atoms with Crippen LogP contribution in [0.15, 0.2) is 53.7 Å². The van der Waals surface area contributed by atoms with E-state index >= 15 is 0 Å². The molecule has 0 spiro atoms. The topological polar surface area (TPSA) is 30.0 Å². The van der Waals surface area contributed by atoms with E-state index in [1.807, 2.05) is 42.7 Å². The van der Waals surface area contributed by atoms with Gasteiger partial charge in [0.05, 0.1) is 5.56 Å². The van der Waals surface area contributed by atoms with Crippen molar-refractivity contribution >= 4 is 17.5 Å². The molecule has 16 heavy (non-hydrogen) atoms. The van der Waals surface area contributed by atoms with Gasteiger partial charge in [-0.2, -0.15) is 0 Å². The molecule has 0 aliphatic carbocycles. The standard InChI is InChI=1S/C13H11NOS/c1-16-13-11(8-5-9-14-13)12(15)10-6-3-2-4-7-10/h2-9H,1H3. The summed E-state index contributed by atoms with van der Waals surface area (Å²) in [6.45, 7) is 0. The van der Waals surface area contributed by atoms with Crippen molar-refractivity contribution in [2.45, 2.75) is 5.03 Å². The summed E-state index contributed by atoms with van der Waals surface area (Å²) in [5.41, 5.74) is 1.37. The van der Waals surface area contributed by atoms with Crippen molar-refractivity contribution in [2.75, 3.05) is 6.26 Å². The van der Waals surface area contributed by atoms with Crippen LogP contribution in [0, 0.1) is 0 Å². The van der Waals surface area contributed by atoms with E-state index in [2.05, 4.69) is 4.98 Å². The lowest BCUT2D eigenvalue weighted by Crippen LogP contribution is -2.03. The smallest absolute Gasteiger partial charge is 0.195 e. The summed E-state index contributed by atoms with van der Waals surface area (Å²) in [6.07, 6.45) is 3.62. The monoisotopic (exact) mass is 229 g/mol. The van der Waals surface area contributed by atoms with Gasteiger partial charge in [0.1, 0.15) is 5.03 Å². The minimum absolute atomic E-state index is 0.0260. The van der Waals surface area contributed by atoms with E-state index in [-0.39, 0.29) is 5.78 Å². The van der Waals surface area contributed by atoms with Crippen molar-refractivity contribution in [2.24, 2.45) is 0 Å². The van der Waals surface area contributed by atoms with E-state index in [1.54, 1.807) is 12.3 Å². The van der Waals surface area contributed by atoms with Gasteiger partial charge in [0.25, 0.3) is 0 Å². The van der Waals surface area contributed by atoms with Gasteiger partial charge >= 0.3 is 0 Å². The van der Waals surface area contributed by atoms with Gasteiger partial charge in [-0.15, -0.1) is 11.8 Å². The second-order valence-electron chi connectivity index (χ2n) is 3.26. The number of aromatic nitrogens is 1. The van der Waals surface area contributed by atoms with Crippen molar-refractivity contribution < 1.29 is 4.79 Å². The summed E-state index contributed by atoms with van der Waals surface area (Å²) in [5.74, 6) is 0.0260. The normalized spacial score (nSPS) is 10.1. The average Bonchev–Trinajstić information content (AvgIpc) is 2.39. The van der Waals surface area contributed by atoms with E-state index in [0.29, 0.717) is 11.1 Å². The molecule has 1 aromatic carbocycles. The molecule has 0 saturated carbocycles. The molecule has 1 aromatic heterocycles. The highest BCUT2D eigenvalue weighted by Crippen LogP contribution is 2.19. The van der Waals surface area contributed by atoms with Gasteiger partial charge in [-0.3, -0.25) is 4.79 Å². The predicted molar refractivity (Wildman–Crippen MR) is 65.9 cm³/mol. The molecule has 0 aliphatic heterocycles. The summed E-state index contributed by atoms with van der Waals surface area (Å²) in [6, 6.07) is 12.9. The molecule has 0 atom stereocenters. The van der Waals surface area contributed by atoms with Crippen LogP contribution in [0.1, 0.15) is 15.9 Å². The summed E-state index contributed by atoms with van der Waals surface area (Å²) in [4.78, 5) is 16.4. The molecule has 80 valence electrons. The third-order valence-corrected chi connectivity index (χ3v) is 2.96. The van der Waals surface area contributed by atoms with Crippen LogP contribution < -0.4 is 0 Å². The number of ketones is 1. The molecule has 0 fully saturated rings. The fourth-order valence-corrected chi connectivity index (χ4v) is 2.02. The first-order valence-electron chi connectivity index (χ1n) is 4.91. The number of hydrogen-bond acceptors (Lipinski definition) is 3. The van der Waals surface area contributed by atoms with Crippen LogP contribution in [-0.4, -0.2) is 17.0 Å². The minimum Gasteiger partial charge on any atom is -0.289 e. The van der Waals surface area contributed by atoms with E-state index in [9.17, 15) is 4.79 Å². The number of rotatable bonds is 3. The average molecular weight is 229 g/mol. The summed E-state index contributed by atoms with van der Waals surface area (Å²) in [7, 11) is 0. The largest absolute Gasteiger partial charge is 0.289 e. The number of benzene rings is 1. The van der Waals surface area contributed by atoms with Crippen LogP contribution >= 0.6 is 11.8 Å². The highest BCUT2D eigenvalue weighted by atomic mass is 32.2. The van der Waals surface area contributed by atoms with E-state index in [4.69, 9.17) is 0 Å². The lowest BCUT2D eigenvalue weighted by molar-refractivity contribution is 0.103. The van der Waals surface area contributed by atoms with Crippen LogP contribution in [0.4, 0.5) is 0 Å². The van der Waals surface area contributed by atoms with Crippen LogP contribution in [-0.2, 0) is 0 Å². The second kappa shape index (κ2) is 4.94. The Morgan fingerprint density at radius 1 is 1.12 bits per heavy atom. The highest BCUT2D eigenvalue weighted by molar-refractivity contribution is 7.98. The maximum Gasteiger partial charge on any atom is 0.195 e. The van der Waals surface area contributed by atoms with Gasteiger partial charge in [-0.25, -0.2) is 4.98 Å². The maximum atomic E-state index is 12.2. The summed E-state index contributed by atoms with van der Waals surface area (Å²) >= 11 is 1.49. The first-order chi connectivity index (χ1) is 7.83. The van der Waals surface area contributed by atoms with Gasteiger partial charge in [-0.05, 0) is 18.4 Å². The lowest BCUT2D eigenvalue weighted by atomic mass is 10.1. The molecule has 0 aliphatic rings. The zero-order chi connectivity index (χ0) is 11.4. The minimum atomic E-state index is 0.0260. The van der Waals surface area contributed by atoms with Gasteiger partial charge in [0.15, 0.2) is 5.78 Å². The van der Waals surface area contributed by atoms with E-state index in [0.717, 1.165) is 5.03 Å². The first-order valence-corrected chi connectivity index (χ1v) is 6.14. The molecule has 3 heteroatoms. The predicted octanol–water partition coefficient (Wildman–Crippen LogP) is 3.03. The van der Waals surface area contributed by atoms with Gasteiger partial charge < -0.3 is 0 Å². The fraction of sp³-hybridized carbons (Fsp3) is 0.0769. The Morgan fingerprint density at radius 2 is 1.88 bits per heavy atom. The van der Waals surface area contributed by atoms with Crippen molar-refractivity contribution in [1.82, 2.24) is 4.98 Å². The molecule has 2 nitrogen and oxygen atoms in total. The number of hydrogen-bond donors (Lipinski definition) is 0. The number of carbonyl (C=O) groups excluding carboxylic acids is 1. The molecular weight excluding hydrogens is 218 g/mol. The Hall–Kier alpha value is -1.61. The number of pyridine rings is 1. The van der Waals surface area contributed by atoms with Gasteiger partial charge in [0, 0.05) is 11.8 Å². The first kappa shape index (κ1) is 10.9. The van der Waals surface area contributed by atoms with Crippen molar-refractivity contribution in [3.05, 3.63) is 59.8 Å². The van der Waals surface area contributed by atoms with Gasteiger partial charge in [0.2, 0.25) is 0 Å². The van der Waals surface area contributed by atoms with Crippen LogP contribution in [0.25, 0.3) is 0 Å². The molecule has 2 rings (SSSR count). The molecule has 0 bridgehead atoms. The molecule has 0 unspecified atom stereocenters. The Bertz CT molecular complexity index is 496. The summed E-state index contributed by atoms with van der Waals surface area (Å²) in [5, 5.41) is 0.774. The lowest BCUT2D eigenvalue weighted by Gasteiger charge is -2.04. The van der Waals surface area contributed by atoms with Crippen molar-refractivity contribution in [3.8, 4) is 0 Å². The summed E-state index contributed by atoms with van der Waals surface area (Å²) < 4.78 is 0. The third kappa shape index (κ3) is 2.14. The Balaban J connectivity index is 2.42. The van der Waals surface area contributed by atoms with E-state index < -0.39 is 0 Å².